The summed E-state index contributed by atoms with van der Waals surface area (Å²) in [7, 11) is 0. The Balaban J connectivity index is 1.37. The average Bonchev–Trinajstić information content (AvgIpc) is 2.73. The maximum Gasteiger partial charge on any atom is 0.130 e. The van der Waals surface area contributed by atoms with E-state index in [0.29, 0.717) is 0 Å². The summed E-state index contributed by atoms with van der Waals surface area (Å²) in [6.45, 7) is 0. The molecule has 2 aromatic heterocycles. The molecular weight excluding hydrogens is 340 g/mol. The van der Waals surface area contributed by atoms with E-state index >= 15 is 0 Å². The molecule has 5 heteroatoms. The van der Waals surface area contributed by atoms with E-state index in [-0.39, 0.29) is 0 Å². The molecule has 27 heavy (non-hydrogen) atoms. The fourth-order valence-corrected chi connectivity index (χ4v) is 2.37. The topological polar surface area (TPSA) is 53.5 Å². The second kappa shape index (κ2) is 8.01. The van der Waals surface area contributed by atoms with Crippen LogP contribution in [0.5, 0.6) is 34.5 Å². The van der Waals surface area contributed by atoms with Crippen LogP contribution in [-0.2, 0) is 0 Å². The first-order chi connectivity index (χ1) is 13.3. The zero-order valence-corrected chi connectivity index (χ0v) is 14.4. The minimum absolute atomic E-state index is 0.722. The molecule has 0 amide bonds. The van der Waals surface area contributed by atoms with Gasteiger partial charge < -0.3 is 14.2 Å². The second-order valence-electron chi connectivity index (χ2n) is 5.61. The third kappa shape index (κ3) is 4.61. The average molecular weight is 356 g/mol. The number of pyridine rings is 2. The van der Waals surface area contributed by atoms with E-state index < -0.39 is 0 Å². The third-order valence-corrected chi connectivity index (χ3v) is 3.65. The molecule has 0 saturated carbocycles. The number of aromatic nitrogens is 2. The molecule has 0 fully saturated rings. The van der Waals surface area contributed by atoms with Gasteiger partial charge in [-0.1, -0.05) is 0 Å². The molecule has 5 nitrogen and oxygen atoms in total. The van der Waals surface area contributed by atoms with Crippen molar-refractivity contribution in [1.82, 2.24) is 9.97 Å². The second-order valence-corrected chi connectivity index (χ2v) is 5.61. The summed E-state index contributed by atoms with van der Waals surface area (Å²) in [4.78, 5) is 7.93. The summed E-state index contributed by atoms with van der Waals surface area (Å²) in [5.74, 6) is 4.39. The third-order valence-electron chi connectivity index (χ3n) is 3.65. The highest BCUT2D eigenvalue weighted by atomic mass is 16.5. The molecule has 0 spiro atoms. The van der Waals surface area contributed by atoms with Gasteiger partial charge in [-0.05, 0) is 72.8 Å². The molecule has 2 heterocycles. The van der Waals surface area contributed by atoms with E-state index in [1.165, 1.54) is 0 Å². The van der Waals surface area contributed by atoms with Crippen molar-refractivity contribution in [1.29, 1.82) is 0 Å². The van der Waals surface area contributed by atoms with Crippen molar-refractivity contribution in [2.24, 2.45) is 0 Å². The molecule has 0 saturated heterocycles. The van der Waals surface area contributed by atoms with Gasteiger partial charge >= 0.3 is 0 Å². The number of hydrogen-bond acceptors (Lipinski definition) is 5. The highest BCUT2D eigenvalue weighted by Crippen LogP contribution is 2.28. The first kappa shape index (κ1) is 16.6. The fourth-order valence-electron chi connectivity index (χ4n) is 2.37. The molecule has 0 bridgehead atoms. The molecule has 0 N–H and O–H groups in total. The quantitative estimate of drug-likeness (QED) is 0.433. The Morgan fingerprint density at radius 2 is 0.556 bits per heavy atom. The molecule has 0 aliphatic carbocycles. The molecule has 4 rings (SSSR count). The molecule has 0 atom stereocenters. The molecule has 0 aliphatic heterocycles. The van der Waals surface area contributed by atoms with Gasteiger partial charge in [0.2, 0.25) is 0 Å². The minimum Gasteiger partial charge on any atom is -0.457 e. The van der Waals surface area contributed by atoms with Crippen LogP contribution in [-0.4, -0.2) is 9.97 Å². The summed E-state index contributed by atoms with van der Waals surface area (Å²) < 4.78 is 17.3. The number of rotatable bonds is 6. The van der Waals surface area contributed by atoms with E-state index in [4.69, 9.17) is 14.2 Å². The van der Waals surface area contributed by atoms with Crippen LogP contribution < -0.4 is 14.2 Å². The lowest BCUT2D eigenvalue weighted by Gasteiger charge is -2.09. The van der Waals surface area contributed by atoms with Crippen molar-refractivity contribution in [3.8, 4) is 34.5 Å². The monoisotopic (exact) mass is 356 g/mol. The molecule has 132 valence electrons. The highest BCUT2D eigenvalue weighted by Gasteiger charge is 2.02. The van der Waals surface area contributed by atoms with E-state index in [0.717, 1.165) is 34.5 Å². The van der Waals surface area contributed by atoms with E-state index in [1.54, 1.807) is 49.1 Å². The Hall–Kier alpha value is -3.86. The Kier molecular flexibility index (Phi) is 4.93. The smallest absolute Gasteiger partial charge is 0.130 e. The van der Waals surface area contributed by atoms with Crippen LogP contribution in [0.1, 0.15) is 0 Å². The fraction of sp³-hybridized carbons (Fsp3) is 0. The van der Waals surface area contributed by atoms with Crippen LogP contribution in [0.25, 0.3) is 0 Å². The van der Waals surface area contributed by atoms with Gasteiger partial charge in [0, 0.05) is 24.8 Å². The Morgan fingerprint density at radius 3 is 0.815 bits per heavy atom. The summed E-state index contributed by atoms with van der Waals surface area (Å²) in [6.07, 6.45) is 6.76. The lowest BCUT2D eigenvalue weighted by molar-refractivity contribution is 0.464. The largest absolute Gasteiger partial charge is 0.457 e. The predicted octanol–water partition coefficient (Wildman–Crippen LogP) is 5.85. The van der Waals surface area contributed by atoms with Gasteiger partial charge in [-0.15, -0.1) is 0 Å². The van der Waals surface area contributed by atoms with Gasteiger partial charge in [0.05, 0.1) is 0 Å². The summed E-state index contributed by atoms with van der Waals surface area (Å²) in [6, 6.07) is 22.1. The lowest BCUT2D eigenvalue weighted by atomic mass is 10.3. The zero-order valence-electron chi connectivity index (χ0n) is 14.4. The zero-order chi connectivity index (χ0) is 18.3. The molecular formula is C22H16N2O3. The minimum atomic E-state index is 0.722. The maximum atomic E-state index is 5.86. The van der Waals surface area contributed by atoms with E-state index in [9.17, 15) is 0 Å². The Bertz CT molecular complexity index is 890. The first-order valence-corrected chi connectivity index (χ1v) is 8.39. The first-order valence-electron chi connectivity index (χ1n) is 8.39. The number of benzene rings is 2. The van der Waals surface area contributed by atoms with Gasteiger partial charge in [0.25, 0.3) is 0 Å². The molecule has 0 aliphatic rings. The molecule has 0 radical (unpaired) electrons. The van der Waals surface area contributed by atoms with Crippen LogP contribution in [0.4, 0.5) is 0 Å². The maximum absolute atomic E-state index is 5.86. The van der Waals surface area contributed by atoms with Crippen LogP contribution in [0.2, 0.25) is 0 Å². The number of ether oxygens (including phenoxy) is 3. The van der Waals surface area contributed by atoms with Crippen molar-refractivity contribution in [3.05, 3.63) is 97.6 Å². The van der Waals surface area contributed by atoms with Crippen molar-refractivity contribution < 1.29 is 14.2 Å². The summed E-state index contributed by atoms with van der Waals surface area (Å²) >= 11 is 0. The SMILES string of the molecule is c1cc(Oc2ccc(Oc3ccc(Oc4ccncc4)cc3)cc2)ccn1. The Morgan fingerprint density at radius 1 is 0.333 bits per heavy atom. The van der Waals surface area contributed by atoms with E-state index in [1.807, 2.05) is 48.5 Å². The van der Waals surface area contributed by atoms with Gasteiger partial charge in [-0.3, -0.25) is 9.97 Å². The van der Waals surface area contributed by atoms with Crippen LogP contribution in [0.15, 0.2) is 97.6 Å². The van der Waals surface area contributed by atoms with Gasteiger partial charge in [0.1, 0.15) is 34.5 Å². The summed E-state index contributed by atoms with van der Waals surface area (Å²) in [5, 5.41) is 0. The lowest BCUT2D eigenvalue weighted by Crippen LogP contribution is -1.87. The number of nitrogens with zero attached hydrogens (tertiary/aromatic N) is 2. The molecule has 2 aromatic carbocycles. The molecule has 4 aromatic rings. The summed E-state index contributed by atoms with van der Waals surface area (Å²) in [5.41, 5.74) is 0. The van der Waals surface area contributed by atoms with Crippen LogP contribution >= 0.6 is 0 Å². The van der Waals surface area contributed by atoms with Gasteiger partial charge in [0.15, 0.2) is 0 Å². The molecule has 0 unspecified atom stereocenters. The number of hydrogen-bond donors (Lipinski definition) is 0. The van der Waals surface area contributed by atoms with Crippen molar-refractivity contribution in [2.75, 3.05) is 0 Å². The van der Waals surface area contributed by atoms with Crippen LogP contribution in [0, 0.1) is 0 Å². The van der Waals surface area contributed by atoms with Crippen LogP contribution in [0.3, 0.4) is 0 Å². The normalized spacial score (nSPS) is 10.2. The van der Waals surface area contributed by atoms with Crippen molar-refractivity contribution in [3.63, 3.8) is 0 Å². The van der Waals surface area contributed by atoms with Crippen molar-refractivity contribution in [2.45, 2.75) is 0 Å². The standard InChI is InChI=1S/C22H16N2O3/c1-5-19(26-21-9-13-23-14-10-21)6-2-17(1)25-18-3-7-20(8-4-18)27-22-11-15-24-16-12-22/h1-16H. The predicted molar refractivity (Wildman–Crippen MR) is 102 cm³/mol. The Labute approximate surface area is 156 Å². The van der Waals surface area contributed by atoms with E-state index in [2.05, 4.69) is 9.97 Å². The highest BCUT2D eigenvalue weighted by molar-refractivity contribution is 5.39. The van der Waals surface area contributed by atoms with Crippen molar-refractivity contribution >= 4 is 0 Å². The van der Waals surface area contributed by atoms with Gasteiger partial charge in [-0.2, -0.15) is 0 Å². The van der Waals surface area contributed by atoms with Gasteiger partial charge in [-0.25, -0.2) is 0 Å².